The predicted molar refractivity (Wildman–Crippen MR) is 305 cm³/mol. The van der Waals surface area contributed by atoms with Crippen LogP contribution in [-0.2, 0) is 71.2 Å². The zero-order valence-corrected chi connectivity index (χ0v) is 53.2. The SMILES string of the molecule is CC(=O)OI1(C)(OC(C)=O)OC(=O)c2ccccc21.CO[C@](C)(C[C@@H](C)C=O)[C@H](O[C@@H]1OC(C)CC(N(C)C)C1C)[C@@H](C)C(=O)CC(C)=O.CO[C@](C)(C[C@@H](C)CO)[C@H](O[C@@H]1OC(C)CC(N(C)C)C1C)[C@@H](C)C(=O)CC(C)=O. The third kappa shape index (κ3) is 19.5. The van der Waals surface area contributed by atoms with E-state index in [1.165, 1.54) is 32.6 Å². The first-order valence-corrected chi connectivity index (χ1v) is 33.1. The number of hydrogen-bond acceptors (Lipinski definition) is 20. The summed E-state index contributed by atoms with van der Waals surface area (Å²) >= 11 is -5.01. The van der Waals surface area contributed by atoms with Gasteiger partial charge in [-0.05, 0) is 101 Å². The molecule has 0 amide bonds. The molecule has 3 aliphatic rings. The first kappa shape index (κ1) is 71.5. The van der Waals surface area contributed by atoms with Gasteiger partial charge >= 0.3 is 112 Å². The molecule has 0 radical (unpaired) electrons. The molecule has 4 rings (SSSR count). The predicted octanol–water partition coefficient (Wildman–Crippen LogP) is 7.67. The Kier molecular flexibility index (Phi) is 27.7. The normalized spacial score (nSPS) is 27.5. The summed E-state index contributed by atoms with van der Waals surface area (Å²) in [5.41, 5.74) is -1.46. The van der Waals surface area contributed by atoms with Gasteiger partial charge in [-0.2, -0.15) is 0 Å². The number of benzene rings is 1. The van der Waals surface area contributed by atoms with Crippen molar-refractivity contribution in [2.24, 2.45) is 35.5 Å². The zero-order valence-electron chi connectivity index (χ0n) is 51.1. The van der Waals surface area contributed by atoms with Gasteiger partial charge in [0.05, 0.1) is 48.5 Å². The largest absolute Gasteiger partial charge is 0.396 e. The molecule has 3 aliphatic heterocycles. The maximum absolute atomic E-state index is 12.8. The van der Waals surface area contributed by atoms with Gasteiger partial charge in [0.2, 0.25) is 0 Å². The van der Waals surface area contributed by atoms with E-state index in [1.54, 1.807) is 52.3 Å². The topological polar surface area (TPSA) is 246 Å². The van der Waals surface area contributed by atoms with Gasteiger partial charge in [-0.25, -0.2) is 0 Å². The summed E-state index contributed by atoms with van der Waals surface area (Å²) in [6.45, 7) is 24.5. The van der Waals surface area contributed by atoms with Gasteiger partial charge < -0.3 is 48.1 Å². The van der Waals surface area contributed by atoms with Crippen LogP contribution in [-0.4, -0.2) is 176 Å². The molecule has 79 heavy (non-hydrogen) atoms. The van der Waals surface area contributed by atoms with E-state index in [4.69, 9.17) is 37.6 Å². The summed E-state index contributed by atoms with van der Waals surface area (Å²) in [5, 5.41) is 9.60. The van der Waals surface area contributed by atoms with E-state index < -0.39 is 84.0 Å². The number of aliphatic hydroxyl groups excluding tert-OH is 1. The fourth-order valence-corrected chi connectivity index (χ4v) is 18.7. The number of aldehydes is 1. The van der Waals surface area contributed by atoms with Crippen molar-refractivity contribution < 1.29 is 81.1 Å². The molecule has 21 heteroatoms. The van der Waals surface area contributed by atoms with Crippen LogP contribution in [0, 0.1) is 39.1 Å². The van der Waals surface area contributed by atoms with Crippen LogP contribution in [0.4, 0.5) is 0 Å². The summed E-state index contributed by atoms with van der Waals surface area (Å²) in [6.07, 6.45) is 0.994. The Morgan fingerprint density at radius 3 is 1.44 bits per heavy atom. The average Bonchev–Trinajstić information content (AvgIpc) is 3.57. The van der Waals surface area contributed by atoms with Crippen molar-refractivity contribution in [1.82, 2.24) is 9.80 Å². The average molecular weight is 1240 g/mol. The molecular formula is C58H97IN2O18. The number of rotatable bonds is 26. The second kappa shape index (κ2) is 30.6. The number of halogens is 1. The fraction of sp³-hybridized carbons (Fsp3) is 0.759. The van der Waals surface area contributed by atoms with Crippen molar-refractivity contribution in [2.75, 3.05) is 53.9 Å². The number of fused-ring (bicyclic) bond motifs is 1. The number of carbonyl (C=O) groups is 8. The maximum Gasteiger partial charge on any atom is 0.162 e. The van der Waals surface area contributed by atoms with E-state index in [-0.39, 0.29) is 96.1 Å². The van der Waals surface area contributed by atoms with Crippen LogP contribution >= 0.6 is 18.3 Å². The van der Waals surface area contributed by atoms with Gasteiger partial charge in [-0.15, -0.1) is 0 Å². The van der Waals surface area contributed by atoms with Crippen molar-refractivity contribution in [3.05, 3.63) is 33.4 Å². The molecule has 454 valence electrons. The van der Waals surface area contributed by atoms with Crippen LogP contribution in [0.2, 0.25) is 0 Å². The number of carbonyl (C=O) groups excluding carboxylic acids is 8. The molecule has 1 aromatic carbocycles. The number of ether oxygens (including phenoxy) is 6. The van der Waals surface area contributed by atoms with Gasteiger partial charge in [-0.3, -0.25) is 19.2 Å². The Hall–Kier alpha value is -3.65. The number of Topliss-reactive ketones (excluding diaryl/α,β-unsaturated/α-hetero) is 4. The molecule has 0 bridgehead atoms. The minimum Gasteiger partial charge on any atom is -0.396 e. The second-order valence-electron chi connectivity index (χ2n) is 23.2. The van der Waals surface area contributed by atoms with Crippen LogP contribution in [0.25, 0.3) is 0 Å². The van der Waals surface area contributed by atoms with E-state index in [1.807, 2.05) is 55.6 Å². The van der Waals surface area contributed by atoms with Crippen LogP contribution < -0.4 is 0 Å². The molecule has 16 atom stereocenters. The summed E-state index contributed by atoms with van der Waals surface area (Å²) in [5.74, 6) is -4.00. The molecule has 0 aliphatic carbocycles. The number of alkyl halides is 1. The molecule has 20 nitrogen and oxygen atoms in total. The first-order valence-electron chi connectivity index (χ1n) is 27.2. The molecule has 0 aromatic heterocycles. The van der Waals surface area contributed by atoms with Crippen molar-refractivity contribution in [3.8, 4) is 0 Å². The summed E-state index contributed by atoms with van der Waals surface area (Å²) in [7, 11) is 11.3. The van der Waals surface area contributed by atoms with Crippen LogP contribution in [0.5, 0.6) is 0 Å². The Balaban J connectivity index is 0.000000415. The van der Waals surface area contributed by atoms with Gasteiger partial charge in [-0.1, -0.05) is 41.5 Å². The summed E-state index contributed by atoms with van der Waals surface area (Å²) < 4.78 is 53.2. The third-order valence-corrected chi connectivity index (χ3v) is 23.4. The van der Waals surface area contributed by atoms with Crippen molar-refractivity contribution >= 4 is 65.6 Å². The Bertz CT molecular complexity index is 2220. The zero-order chi connectivity index (χ0) is 60.7. The van der Waals surface area contributed by atoms with Crippen molar-refractivity contribution in [1.29, 1.82) is 0 Å². The number of nitrogens with zero attached hydrogens (tertiary/aromatic N) is 2. The number of ketones is 4. The number of aliphatic hydroxyl groups is 1. The summed E-state index contributed by atoms with van der Waals surface area (Å²) in [6, 6.07) is 7.00. The molecule has 2 fully saturated rings. The van der Waals surface area contributed by atoms with Crippen molar-refractivity contribution in [3.63, 3.8) is 0 Å². The Morgan fingerprint density at radius 2 is 1.10 bits per heavy atom. The first-order chi connectivity index (χ1) is 36.5. The molecule has 2 saturated heterocycles. The fourth-order valence-electron chi connectivity index (χ4n) is 10.9. The van der Waals surface area contributed by atoms with Gasteiger partial charge in [0.1, 0.15) is 29.4 Å². The van der Waals surface area contributed by atoms with Crippen LogP contribution in [0.1, 0.15) is 146 Å². The number of methoxy groups -OCH3 is 2. The van der Waals surface area contributed by atoms with Crippen molar-refractivity contribution in [2.45, 2.75) is 196 Å². The van der Waals surface area contributed by atoms with E-state index >= 15 is 0 Å². The van der Waals surface area contributed by atoms with E-state index in [9.17, 15) is 43.5 Å². The van der Waals surface area contributed by atoms with Gasteiger partial charge in [0, 0.05) is 62.5 Å². The van der Waals surface area contributed by atoms with E-state index in [2.05, 4.69) is 37.7 Å². The van der Waals surface area contributed by atoms with Crippen LogP contribution in [0.3, 0.4) is 0 Å². The Morgan fingerprint density at radius 1 is 0.709 bits per heavy atom. The summed E-state index contributed by atoms with van der Waals surface area (Å²) in [4.78, 5) is 100. The molecule has 0 saturated carbocycles. The van der Waals surface area contributed by atoms with Gasteiger partial charge in [0.15, 0.2) is 12.6 Å². The molecule has 0 spiro atoms. The molecule has 3 heterocycles. The van der Waals surface area contributed by atoms with E-state index in [0.29, 0.717) is 16.4 Å². The molecule has 6 unspecified atom stereocenters. The second-order valence-corrected chi connectivity index (χ2v) is 31.8. The van der Waals surface area contributed by atoms with Crippen LogP contribution in [0.15, 0.2) is 24.3 Å². The quantitative estimate of drug-likeness (QED) is 0.0404. The minimum atomic E-state index is -5.01. The minimum absolute atomic E-state index is 0.00479. The standard InChI is InChI=1S/C23H43NO6.C23H41NO6.C12H13IO6/c2*1-14(13-25)12-23(6,28-9)21(18(5)20(27)10-15(2)26)30-22-17(4)19(24(7)8)11-16(3)29-22;1-8(14)17-13(3,18-9(2)15)11-7-5-4-6-10(11)12(16)19-13/h14,16-19,21-22,25H,10-13H2,1-9H3;13-14,16-19,21-22H,10-12H2,1-9H3;4-7H,1-3H3/t2*14-,16?,17?,18+,19?,21-,22+,23-;/m11./s1. The third-order valence-electron chi connectivity index (χ3n) is 15.1. The van der Waals surface area contributed by atoms with E-state index in [0.717, 1.165) is 19.1 Å². The monoisotopic (exact) mass is 1240 g/mol. The maximum atomic E-state index is 12.8. The number of hydrogen-bond donors (Lipinski definition) is 1. The Labute approximate surface area is 472 Å². The van der Waals surface area contributed by atoms with Gasteiger partial charge in [0.25, 0.3) is 0 Å². The molecule has 1 N–H and O–H groups in total. The molecular weight excluding hydrogens is 1140 g/mol. The smallest absolute Gasteiger partial charge is 0.162 e. The molecule has 1 aromatic rings.